The van der Waals surface area contributed by atoms with E-state index < -0.39 is 0 Å². The molecule has 4 heteroatoms. The fraction of sp³-hybridized carbons (Fsp3) is 0.391. The van der Waals surface area contributed by atoms with Crippen molar-refractivity contribution in [2.24, 2.45) is 0 Å². The average Bonchev–Trinajstić information content (AvgIpc) is 3.30. The fourth-order valence-electron chi connectivity index (χ4n) is 4.00. The van der Waals surface area contributed by atoms with Crippen molar-refractivity contribution in [2.75, 3.05) is 0 Å². The van der Waals surface area contributed by atoms with E-state index in [1.807, 2.05) is 43.3 Å². The van der Waals surface area contributed by atoms with Gasteiger partial charge in [-0.1, -0.05) is 49.6 Å². The standard InChI is InChI=1S/C23H26N2OS/c1-17-12-21(22(26)13-18-8-4-2-5-9-18)25(14-17)15-20-16-27-23(24-20)19-10-6-3-7-11-19/h2,4-5,8-9,12,14,16,19H,3,6-7,10-11,13,15H2,1H3. The van der Waals surface area contributed by atoms with Gasteiger partial charge in [-0.3, -0.25) is 4.79 Å². The molecule has 3 aromatic rings. The highest BCUT2D eigenvalue weighted by molar-refractivity contribution is 7.09. The monoisotopic (exact) mass is 378 g/mol. The van der Waals surface area contributed by atoms with Crippen LogP contribution in [-0.2, 0) is 13.0 Å². The Balaban J connectivity index is 1.49. The van der Waals surface area contributed by atoms with Gasteiger partial charge in [-0.25, -0.2) is 4.98 Å². The third kappa shape index (κ3) is 4.38. The molecule has 1 aliphatic rings. The molecule has 27 heavy (non-hydrogen) atoms. The smallest absolute Gasteiger partial charge is 0.183 e. The van der Waals surface area contributed by atoms with Gasteiger partial charge in [-0.05, 0) is 37.0 Å². The zero-order valence-electron chi connectivity index (χ0n) is 15.9. The van der Waals surface area contributed by atoms with Crippen molar-refractivity contribution in [2.45, 2.75) is 57.9 Å². The van der Waals surface area contributed by atoms with Crippen molar-refractivity contribution in [3.05, 3.63) is 75.5 Å². The molecular weight excluding hydrogens is 352 g/mol. The first kappa shape index (κ1) is 18.2. The van der Waals surface area contributed by atoms with Gasteiger partial charge in [0.05, 0.1) is 22.9 Å². The number of nitrogens with zero attached hydrogens (tertiary/aromatic N) is 2. The van der Waals surface area contributed by atoms with Crippen LogP contribution < -0.4 is 0 Å². The highest BCUT2D eigenvalue weighted by Crippen LogP contribution is 2.34. The SMILES string of the molecule is Cc1cc(C(=O)Cc2ccccc2)n(Cc2csc(C3CCCCC3)n2)c1. The Hall–Kier alpha value is -2.20. The summed E-state index contributed by atoms with van der Waals surface area (Å²) in [5, 5.41) is 3.45. The van der Waals surface area contributed by atoms with Gasteiger partial charge in [0.2, 0.25) is 0 Å². The van der Waals surface area contributed by atoms with Crippen LogP contribution in [0.15, 0.2) is 48.0 Å². The van der Waals surface area contributed by atoms with Crippen LogP contribution in [0.4, 0.5) is 0 Å². The van der Waals surface area contributed by atoms with Gasteiger partial charge in [0.15, 0.2) is 5.78 Å². The number of hydrogen-bond acceptors (Lipinski definition) is 3. The van der Waals surface area contributed by atoms with E-state index >= 15 is 0 Å². The van der Waals surface area contributed by atoms with E-state index in [0.29, 0.717) is 18.9 Å². The minimum atomic E-state index is 0.164. The number of carbonyl (C=O) groups is 1. The molecule has 1 aliphatic carbocycles. The van der Waals surface area contributed by atoms with Crippen molar-refractivity contribution in [3.63, 3.8) is 0 Å². The second-order valence-electron chi connectivity index (χ2n) is 7.63. The lowest BCUT2D eigenvalue weighted by Crippen LogP contribution is -2.12. The quantitative estimate of drug-likeness (QED) is 0.510. The predicted molar refractivity (Wildman–Crippen MR) is 111 cm³/mol. The summed E-state index contributed by atoms with van der Waals surface area (Å²) in [5.41, 5.74) is 4.03. The maximum Gasteiger partial charge on any atom is 0.183 e. The Morgan fingerprint density at radius 1 is 1.19 bits per heavy atom. The summed E-state index contributed by atoms with van der Waals surface area (Å²) < 4.78 is 2.07. The normalized spacial score (nSPS) is 15.1. The van der Waals surface area contributed by atoms with Crippen molar-refractivity contribution in [3.8, 4) is 0 Å². The third-order valence-corrected chi connectivity index (χ3v) is 6.44. The number of aromatic nitrogens is 2. The molecule has 0 saturated heterocycles. The van der Waals surface area contributed by atoms with E-state index in [1.165, 1.54) is 37.1 Å². The summed E-state index contributed by atoms with van der Waals surface area (Å²) >= 11 is 1.79. The number of Topliss-reactive ketones (excluding diaryl/α,β-unsaturated/α-hetero) is 1. The van der Waals surface area contributed by atoms with Crippen molar-refractivity contribution in [1.82, 2.24) is 9.55 Å². The van der Waals surface area contributed by atoms with Crippen molar-refractivity contribution >= 4 is 17.1 Å². The van der Waals surface area contributed by atoms with E-state index in [9.17, 15) is 4.79 Å². The van der Waals surface area contributed by atoms with Gasteiger partial charge >= 0.3 is 0 Å². The van der Waals surface area contributed by atoms with Crippen molar-refractivity contribution < 1.29 is 4.79 Å². The number of benzene rings is 1. The molecule has 0 unspecified atom stereocenters. The molecule has 0 atom stereocenters. The average molecular weight is 379 g/mol. The molecule has 2 aromatic heterocycles. The van der Waals surface area contributed by atoms with Crippen LogP contribution in [0.2, 0.25) is 0 Å². The predicted octanol–water partition coefficient (Wildman–Crippen LogP) is 5.77. The van der Waals surface area contributed by atoms with Gasteiger partial charge in [-0.15, -0.1) is 11.3 Å². The van der Waals surface area contributed by atoms with Crippen LogP contribution in [-0.4, -0.2) is 15.3 Å². The van der Waals surface area contributed by atoms with E-state index in [0.717, 1.165) is 22.5 Å². The second-order valence-corrected chi connectivity index (χ2v) is 8.52. The Kier molecular flexibility index (Phi) is 5.53. The number of aryl methyl sites for hydroxylation is 1. The van der Waals surface area contributed by atoms with E-state index in [4.69, 9.17) is 4.98 Å². The van der Waals surface area contributed by atoms with Crippen LogP contribution >= 0.6 is 11.3 Å². The summed E-state index contributed by atoms with van der Waals surface area (Å²) in [6.45, 7) is 2.72. The first-order chi connectivity index (χ1) is 13.2. The molecule has 1 fully saturated rings. The van der Waals surface area contributed by atoms with Crippen LogP contribution in [0.25, 0.3) is 0 Å². The Bertz CT molecular complexity index is 904. The minimum absolute atomic E-state index is 0.164. The maximum absolute atomic E-state index is 12.9. The van der Waals surface area contributed by atoms with Gasteiger partial charge in [0.1, 0.15) is 0 Å². The van der Waals surface area contributed by atoms with E-state index in [1.54, 1.807) is 11.3 Å². The molecule has 0 aliphatic heterocycles. The molecule has 0 radical (unpaired) electrons. The molecular formula is C23H26N2OS. The van der Waals surface area contributed by atoms with Gasteiger partial charge in [0, 0.05) is 23.9 Å². The Labute approximate surface area is 165 Å². The maximum atomic E-state index is 12.9. The number of rotatable bonds is 6. The second kappa shape index (κ2) is 8.22. The number of thiazole rings is 1. The van der Waals surface area contributed by atoms with E-state index in [-0.39, 0.29) is 5.78 Å². The lowest BCUT2D eigenvalue weighted by Gasteiger charge is -2.18. The van der Waals surface area contributed by atoms with Gasteiger partial charge in [0.25, 0.3) is 0 Å². The fourth-order valence-corrected chi connectivity index (χ4v) is 4.98. The van der Waals surface area contributed by atoms with Gasteiger partial charge < -0.3 is 4.57 Å². The molecule has 3 nitrogen and oxygen atoms in total. The zero-order chi connectivity index (χ0) is 18.6. The summed E-state index contributed by atoms with van der Waals surface area (Å²) in [7, 11) is 0. The lowest BCUT2D eigenvalue weighted by molar-refractivity contribution is 0.0984. The summed E-state index contributed by atoms with van der Waals surface area (Å²) in [6.07, 6.45) is 9.08. The summed E-state index contributed by atoms with van der Waals surface area (Å²) in [5.74, 6) is 0.806. The van der Waals surface area contributed by atoms with Crippen LogP contribution in [0.3, 0.4) is 0 Å². The molecule has 140 valence electrons. The number of carbonyl (C=O) groups excluding carboxylic acids is 1. The molecule has 2 heterocycles. The highest BCUT2D eigenvalue weighted by Gasteiger charge is 2.19. The van der Waals surface area contributed by atoms with Crippen LogP contribution in [0.1, 0.15) is 70.3 Å². The molecule has 0 amide bonds. The first-order valence-corrected chi connectivity index (χ1v) is 10.8. The number of ketones is 1. The topological polar surface area (TPSA) is 34.9 Å². The first-order valence-electron chi connectivity index (χ1n) is 9.87. The minimum Gasteiger partial charge on any atom is -0.339 e. The largest absolute Gasteiger partial charge is 0.339 e. The molecule has 0 spiro atoms. The molecule has 0 bridgehead atoms. The Morgan fingerprint density at radius 2 is 1.96 bits per heavy atom. The molecule has 4 rings (SSSR count). The van der Waals surface area contributed by atoms with Crippen LogP contribution in [0, 0.1) is 6.92 Å². The number of hydrogen-bond donors (Lipinski definition) is 0. The third-order valence-electron chi connectivity index (χ3n) is 5.38. The summed E-state index contributed by atoms with van der Waals surface area (Å²) in [4.78, 5) is 17.8. The lowest BCUT2D eigenvalue weighted by atomic mass is 9.90. The van der Waals surface area contributed by atoms with Crippen LogP contribution in [0.5, 0.6) is 0 Å². The molecule has 1 saturated carbocycles. The highest BCUT2D eigenvalue weighted by atomic mass is 32.1. The van der Waals surface area contributed by atoms with E-state index in [2.05, 4.69) is 16.1 Å². The van der Waals surface area contributed by atoms with Crippen molar-refractivity contribution in [1.29, 1.82) is 0 Å². The zero-order valence-corrected chi connectivity index (χ0v) is 16.7. The molecule has 1 aromatic carbocycles. The summed E-state index contributed by atoms with van der Waals surface area (Å²) in [6, 6.07) is 12.0. The molecule has 0 N–H and O–H groups in total. The van der Waals surface area contributed by atoms with Gasteiger partial charge in [-0.2, -0.15) is 0 Å². The Morgan fingerprint density at radius 3 is 2.74 bits per heavy atom.